The topological polar surface area (TPSA) is 92.4 Å². The minimum Gasteiger partial charge on any atom is -0.495 e. The van der Waals surface area contributed by atoms with E-state index in [1.54, 1.807) is 35.8 Å². The number of hydrogen-bond donors (Lipinski definition) is 0. The molecule has 11 heteroatoms. The predicted octanol–water partition coefficient (Wildman–Crippen LogP) is 5.21. The van der Waals surface area contributed by atoms with E-state index in [2.05, 4.69) is 0 Å². The maximum Gasteiger partial charge on any atom is 0.313 e. The first kappa shape index (κ1) is 26.8. The van der Waals surface area contributed by atoms with Crippen LogP contribution >= 0.6 is 35.3 Å². The Morgan fingerprint density at radius 3 is 2.57 bits per heavy atom. The monoisotopic (exact) mass is 555 g/mol. The second-order valence-electron chi connectivity index (χ2n) is 8.16. The van der Waals surface area contributed by atoms with Gasteiger partial charge in [0, 0.05) is 0 Å². The first-order valence-corrected chi connectivity index (χ1v) is 13.7. The van der Waals surface area contributed by atoms with E-state index < -0.39 is 5.97 Å². The van der Waals surface area contributed by atoms with Crippen molar-refractivity contribution in [2.24, 2.45) is 0 Å². The molecule has 192 valence electrons. The largest absolute Gasteiger partial charge is 0.495 e. The molecule has 0 radical (unpaired) electrons. The van der Waals surface area contributed by atoms with E-state index in [1.165, 1.54) is 23.0 Å². The molecule has 0 saturated heterocycles. The van der Waals surface area contributed by atoms with Gasteiger partial charge < -0.3 is 9.47 Å². The summed E-state index contributed by atoms with van der Waals surface area (Å²) in [5, 5.41) is 0.283. The van der Waals surface area contributed by atoms with Crippen LogP contribution < -0.4 is 10.3 Å². The lowest BCUT2D eigenvalue weighted by atomic mass is 10.1. The molecule has 0 saturated carbocycles. The molecule has 4 rings (SSSR count). The highest BCUT2D eigenvalue weighted by molar-refractivity contribution is 7.99. The number of nitrogens with zero attached hydrogens (tertiary/aromatic N) is 3. The molecule has 8 nitrogen and oxygen atoms in total. The number of thiazole rings is 1. The number of methoxy groups -OCH3 is 1. The molecular weight excluding hydrogens is 531 g/mol. The van der Waals surface area contributed by atoms with E-state index in [0.29, 0.717) is 25.7 Å². The number of benzene rings is 2. The molecule has 0 bridgehead atoms. The minimum absolute atomic E-state index is 0.0691. The number of ketones is 1. The summed E-state index contributed by atoms with van der Waals surface area (Å²) in [7, 11) is 1.52. The Morgan fingerprint density at radius 2 is 1.86 bits per heavy atom. The van der Waals surface area contributed by atoms with E-state index in [0.717, 1.165) is 28.6 Å². The quantitative estimate of drug-likeness (QED) is 0.0914. The molecule has 0 spiro atoms. The van der Waals surface area contributed by atoms with Crippen LogP contribution in [0.2, 0.25) is 0 Å². The van der Waals surface area contributed by atoms with Gasteiger partial charge in [-0.15, -0.1) is 0 Å². The molecule has 0 aliphatic heterocycles. The molecular formula is C26H25N3O5S3. The number of aromatic nitrogens is 3. The van der Waals surface area contributed by atoms with Crippen molar-refractivity contribution in [1.29, 1.82) is 0 Å². The van der Waals surface area contributed by atoms with Gasteiger partial charge in [0.15, 0.2) is 20.5 Å². The van der Waals surface area contributed by atoms with Crippen LogP contribution in [0.25, 0.3) is 21.7 Å². The van der Waals surface area contributed by atoms with Gasteiger partial charge in [0.1, 0.15) is 16.9 Å². The number of para-hydroxylation sites is 2. The first-order chi connectivity index (χ1) is 17.7. The summed E-state index contributed by atoms with van der Waals surface area (Å²) < 4.78 is 14.5. The Hall–Kier alpha value is -3.28. The highest BCUT2D eigenvalue weighted by Crippen LogP contribution is 2.31. The number of Topliss-reactive ketones (excluding diaryl/α,β-unsaturated/α-hetero) is 1. The second kappa shape index (κ2) is 11.4. The molecule has 0 amide bonds. The summed E-state index contributed by atoms with van der Waals surface area (Å²) in [6.07, 6.45) is -0.348. The normalized spacial score (nSPS) is 11.0. The van der Waals surface area contributed by atoms with Crippen LogP contribution in [0.4, 0.5) is 0 Å². The van der Waals surface area contributed by atoms with Gasteiger partial charge in [0.2, 0.25) is 0 Å². The zero-order valence-electron chi connectivity index (χ0n) is 20.8. The predicted molar refractivity (Wildman–Crippen MR) is 148 cm³/mol. The molecule has 0 aliphatic rings. The number of rotatable bonds is 9. The maximum atomic E-state index is 13.9. The number of carbonyl (C=O) groups is 2. The Balaban J connectivity index is 1.91. The van der Waals surface area contributed by atoms with Gasteiger partial charge in [-0.25, -0.2) is 4.98 Å². The van der Waals surface area contributed by atoms with Crippen LogP contribution in [0.1, 0.15) is 24.5 Å². The molecule has 0 fully saturated rings. The summed E-state index contributed by atoms with van der Waals surface area (Å²) in [6, 6.07) is 13.1. The van der Waals surface area contributed by atoms with Gasteiger partial charge in [-0.2, -0.15) is 0 Å². The van der Waals surface area contributed by atoms with Crippen molar-refractivity contribution in [2.45, 2.75) is 32.3 Å². The van der Waals surface area contributed by atoms with Gasteiger partial charge in [0.05, 0.1) is 30.8 Å². The number of fused-ring (bicyclic) bond motifs is 1. The number of esters is 1. The molecule has 2 heterocycles. The number of ether oxygens (including phenoxy) is 2. The van der Waals surface area contributed by atoms with E-state index in [1.807, 2.05) is 32.0 Å². The van der Waals surface area contributed by atoms with Gasteiger partial charge >= 0.3 is 5.97 Å². The standard InChI is InChI=1S/C26H25N3O5S3/c1-5-34-21(31)13-17(30)14-36-25-27-23-22(24(32)29(25)19-8-6-7-9-20(19)33-4)37-26(35)28(23)18-11-10-15(2)12-16(18)3/h6-12H,5,13-14H2,1-4H3. The van der Waals surface area contributed by atoms with E-state index in [-0.39, 0.29) is 35.3 Å². The molecule has 0 unspecified atom stereocenters. The third-order valence-corrected chi connectivity index (χ3v) is 7.85. The second-order valence-corrected chi connectivity index (χ2v) is 10.7. The van der Waals surface area contributed by atoms with Crippen molar-refractivity contribution in [3.8, 4) is 17.1 Å². The maximum absolute atomic E-state index is 13.9. The average Bonchev–Trinajstić information content (AvgIpc) is 3.19. The summed E-state index contributed by atoms with van der Waals surface area (Å²) in [5.41, 5.74) is 3.51. The van der Waals surface area contributed by atoms with Gasteiger partial charge in [-0.3, -0.25) is 23.5 Å². The lowest BCUT2D eigenvalue weighted by Gasteiger charge is -2.15. The highest BCUT2D eigenvalue weighted by Gasteiger charge is 2.22. The van der Waals surface area contributed by atoms with Crippen molar-refractivity contribution in [2.75, 3.05) is 19.5 Å². The molecule has 0 aliphatic carbocycles. The molecule has 2 aromatic carbocycles. The Bertz CT molecular complexity index is 1620. The van der Waals surface area contributed by atoms with Gasteiger partial charge in [-0.05, 0) is 56.8 Å². The smallest absolute Gasteiger partial charge is 0.313 e. The first-order valence-electron chi connectivity index (χ1n) is 11.4. The van der Waals surface area contributed by atoms with E-state index in [4.69, 9.17) is 26.7 Å². The fraction of sp³-hybridized carbons (Fsp3) is 0.269. The van der Waals surface area contributed by atoms with Crippen LogP contribution in [0.15, 0.2) is 52.4 Å². The third kappa shape index (κ3) is 5.53. The third-order valence-electron chi connectivity index (χ3n) is 5.51. The molecule has 4 aromatic rings. The van der Waals surface area contributed by atoms with Gasteiger partial charge in [-0.1, -0.05) is 52.9 Å². The van der Waals surface area contributed by atoms with Crippen LogP contribution in [-0.4, -0.2) is 45.3 Å². The molecule has 2 aromatic heterocycles. The van der Waals surface area contributed by atoms with Crippen LogP contribution in [0.5, 0.6) is 5.75 Å². The van der Waals surface area contributed by atoms with E-state index >= 15 is 0 Å². The summed E-state index contributed by atoms with van der Waals surface area (Å²) in [5.74, 6) is -0.510. The summed E-state index contributed by atoms with van der Waals surface area (Å²) >= 11 is 7.93. The fourth-order valence-corrected chi connectivity index (χ4v) is 6.04. The van der Waals surface area contributed by atoms with Crippen LogP contribution in [0, 0.1) is 17.8 Å². The number of aryl methyl sites for hydroxylation is 2. The van der Waals surface area contributed by atoms with Crippen molar-refractivity contribution in [3.05, 3.63) is 67.9 Å². The lowest BCUT2D eigenvalue weighted by molar-refractivity contribution is -0.145. The zero-order valence-corrected chi connectivity index (χ0v) is 23.2. The Morgan fingerprint density at radius 1 is 1.11 bits per heavy atom. The number of hydrogen-bond acceptors (Lipinski definition) is 9. The van der Waals surface area contributed by atoms with Gasteiger partial charge in [0.25, 0.3) is 5.56 Å². The van der Waals surface area contributed by atoms with Crippen molar-refractivity contribution < 1.29 is 19.1 Å². The van der Waals surface area contributed by atoms with Crippen molar-refractivity contribution in [1.82, 2.24) is 14.1 Å². The lowest BCUT2D eigenvalue weighted by Crippen LogP contribution is -2.23. The van der Waals surface area contributed by atoms with Crippen LogP contribution in [0.3, 0.4) is 0 Å². The zero-order chi connectivity index (χ0) is 26.7. The average molecular weight is 556 g/mol. The van der Waals surface area contributed by atoms with Crippen molar-refractivity contribution >= 4 is 57.4 Å². The van der Waals surface area contributed by atoms with E-state index in [9.17, 15) is 14.4 Å². The SMILES string of the molecule is CCOC(=O)CC(=O)CSc1nc2c(sc(=S)n2-c2ccc(C)cc2C)c(=O)n1-c1ccccc1OC. The number of thioether (sulfide) groups is 1. The Kier molecular flexibility index (Phi) is 8.25. The van der Waals surface area contributed by atoms with Crippen LogP contribution in [-0.2, 0) is 14.3 Å². The minimum atomic E-state index is -0.583. The molecule has 0 atom stereocenters. The Labute approximate surface area is 226 Å². The molecule has 0 N–H and O–H groups in total. The highest BCUT2D eigenvalue weighted by atomic mass is 32.2. The fourth-order valence-electron chi connectivity index (χ4n) is 3.90. The van der Waals surface area contributed by atoms with Crippen molar-refractivity contribution in [3.63, 3.8) is 0 Å². The molecule has 37 heavy (non-hydrogen) atoms. The summed E-state index contributed by atoms with van der Waals surface area (Å²) in [4.78, 5) is 43.0. The summed E-state index contributed by atoms with van der Waals surface area (Å²) in [6.45, 7) is 5.87. The number of carbonyl (C=O) groups excluding carboxylic acids is 2.